The van der Waals surface area contributed by atoms with Crippen LogP contribution in [0.15, 0.2) is 0 Å². The first-order chi connectivity index (χ1) is 12.0. The maximum Gasteiger partial charge on any atom is 0.147 e. The Morgan fingerprint density at radius 1 is 1.08 bits per heavy atom. The number of aromatic nitrogens is 3. The van der Waals surface area contributed by atoms with E-state index in [0.29, 0.717) is 5.92 Å². The van der Waals surface area contributed by atoms with E-state index in [1.54, 1.807) is 0 Å². The number of rotatable bonds is 6. The van der Waals surface area contributed by atoms with E-state index in [2.05, 4.69) is 31.5 Å². The van der Waals surface area contributed by atoms with Crippen LogP contribution in [0.3, 0.4) is 0 Å². The zero-order chi connectivity index (χ0) is 17.8. The van der Waals surface area contributed by atoms with Crippen LogP contribution in [0.25, 0.3) is 0 Å². The van der Waals surface area contributed by atoms with Crippen molar-refractivity contribution in [1.82, 2.24) is 24.6 Å². The molecule has 2 aliphatic heterocycles. The number of aryl methyl sites for hydroxylation is 2. The first-order valence-corrected chi connectivity index (χ1v) is 10.0. The molecule has 25 heavy (non-hydrogen) atoms. The lowest BCUT2D eigenvalue weighted by Gasteiger charge is -2.36. The average Bonchev–Trinajstić information content (AvgIpc) is 2.87. The number of likely N-dealkylation sites (tertiary alicyclic amines) is 2. The fraction of sp³-hybridized carbons (Fsp3) is 0.895. The standard InChI is InChI=1S/C19H35N5O/c1-15-6-9-22(10-7-15)13-19(25)14-23-8-4-5-18(11-23)12-24-17(3)20-16(2)21-24/h15,18-19,25H,4-14H2,1-3H3. The highest BCUT2D eigenvalue weighted by molar-refractivity contribution is 4.88. The molecular formula is C19H35N5O. The Morgan fingerprint density at radius 3 is 2.48 bits per heavy atom. The van der Waals surface area contributed by atoms with Gasteiger partial charge in [-0.1, -0.05) is 6.92 Å². The largest absolute Gasteiger partial charge is 0.390 e. The monoisotopic (exact) mass is 349 g/mol. The van der Waals surface area contributed by atoms with Gasteiger partial charge < -0.3 is 14.9 Å². The Labute approximate surface area is 152 Å². The quantitative estimate of drug-likeness (QED) is 0.847. The van der Waals surface area contributed by atoms with Crippen LogP contribution < -0.4 is 0 Å². The predicted octanol–water partition coefficient (Wildman–Crippen LogP) is 1.70. The van der Waals surface area contributed by atoms with Gasteiger partial charge in [0.2, 0.25) is 0 Å². The molecule has 6 nitrogen and oxygen atoms in total. The molecule has 0 spiro atoms. The maximum absolute atomic E-state index is 10.5. The summed E-state index contributed by atoms with van der Waals surface area (Å²) in [6.45, 7) is 13.4. The molecule has 0 bridgehead atoms. The third-order valence-corrected chi connectivity index (χ3v) is 5.81. The van der Waals surface area contributed by atoms with E-state index in [1.807, 2.05) is 13.8 Å². The second-order valence-electron chi connectivity index (χ2n) is 8.29. The second-order valence-corrected chi connectivity index (χ2v) is 8.29. The average molecular weight is 350 g/mol. The highest BCUT2D eigenvalue weighted by atomic mass is 16.3. The fourth-order valence-corrected chi connectivity index (χ4v) is 4.34. The van der Waals surface area contributed by atoms with E-state index in [4.69, 9.17) is 0 Å². The van der Waals surface area contributed by atoms with Gasteiger partial charge in [0.15, 0.2) is 0 Å². The number of hydrogen-bond acceptors (Lipinski definition) is 5. The minimum atomic E-state index is -0.234. The summed E-state index contributed by atoms with van der Waals surface area (Å²) in [5.74, 6) is 3.32. The lowest BCUT2D eigenvalue weighted by atomic mass is 9.97. The molecule has 0 aliphatic carbocycles. The predicted molar refractivity (Wildman–Crippen MR) is 99.5 cm³/mol. The van der Waals surface area contributed by atoms with Crippen molar-refractivity contribution in [1.29, 1.82) is 0 Å². The van der Waals surface area contributed by atoms with Crippen LogP contribution in [0.4, 0.5) is 0 Å². The Kier molecular flexibility index (Phi) is 6.47. The molecule has 1 aromatic rings. The molecule has 2 fully saturated rings. The smallest absolute Gasteiger partial charge is 0.147 e. The van der Waals surface area contributed by atoms with Crippen molar-refractivity contribution in [3.63, 3.8) is 0 Å². The van der Waals surface area contributed by atoms with Gasteiger partial charge in [-0.05, 0) is 71.0 Å². The summed E-state index contributed by atoms with van der Waals surface area (Å²) in [7, 11) is 0. The van der Waals surface area contributed by atoms with Crippen LogP contribution in [0.1, 0.15) is 44.3 Å². The molecule has 2 atom stereocenters. The lowest BCUT2D eigenvalue weighted by molar-refractivity contribution is 0.0455. The van der Waals surface area contributed by atoms with E-state index in [-0.39, 0.29) is 6.10 Å². The number of piperidine rings is 2. The molecular weight excluding hydrogens is 314 g/mol. The van der Waals surface area contributed by atoms with Gasteiger partial charge in [0, 0.05) is 26.2 Å². The zero-order valence-corrected chi connectivity index (χ0v) is 16.2. The molecule has 2 saturated heterocycles. The molecule has 142 valence electrons. The van der Waals surface area contributed by atoms with E-state index in [0.717, 1.165) is 63.4 Å². The van der Waals surface area contributed by atoms with Crippen LogP contribution in [0.2, 0.25) is 0 Å². The molecule has 0 radical (unpaired) electrons. The molecule has 0 amide bonds. The summed E-state index contributed by atoms with van der Waals surface area (Å²) >= 11 is 0. The SMILES string of the molecule is Cc1nc(C)n(CC2CCCN(CC(O)CN3CCC(C)CC3)C2)n1. The van der Waals surface area contributed by atoms with Crippen LogP contribution in [-0.4, -0.2) is 75.0 Å². The number of aliphatic hydroxyl groups is 1. The van der Waals surface area contributed by atoms with Crippen molar-refractivity contribution in [3.8, 4) is 0 Å². The van der Waals surface area contributed by atoms with E-state index >= 15 is 0 Å². The van der Waals surface area contributed by atoms with Gasteiger partial charge in [-0.2, -0.15) is 5.10 Å². The highest BCUT2D eigenvalue weighted by Crippen LogP contribution is 2.20. The number of nitrogens with zero attached hydrogens (tertiary/aromatic N) is 5. The van der Waals surface area contributed by atoms with Gasteiger partial charge in [0.1, 0.15) is 11.6 Å². The Morgan fingerprint density at radius 2 is 1.80 bits per heavy atom. The molecule has 0 saturated carbocycles. The van der Waals surface area contributed by atoms with Crippen molar-refractivity contribution in [3.05, 3.63) is 11.6 Å². The molecule has 1 N–H and O–H groups in total. The van der Waals surface area contributed by atoms with Gasteiger partial charge in [0.25, 0.3) is 0 Å². The molecule has 2 unspecified atom stereocenters. The van der Waals surface area contributed by atoms with E-state index in [1.165, 1.54) is 25.7 Å². The molecule has 6 heteroatoms. The van der Waals surface area contributed by atoms with Crippen molar-refractivity contribution in [2.24, 2.45) is 11.8 Å². The van der Waals surface area contributed by atoms with Gasteiger partial charge in [0.05, 0.1) is 6.10 Å². The minimum Gasteiger partial charge on any atom is -0.390 e. The number of hydrogen-bond donors (Lipinski definition) is 1. The van der Waals surface area contributed by atoms with E-state index < -0.39 is 0 Å². The van der Waals surface area contributed by atoms with Crippen molar-refractivity contribution in [2.45, 2.75) is 59.1 Å². The topological polar surface area (TPSA) is 57.4 Å². The van der Waals surface area contributed by atoms with Gasteiger partial charge >= 0.3 is 0 Å². The molecule has 1 aromatic heterocycles. The first-order valence-electron chi connectivity index (χ1n) is 10.0. The summed E-state index contributed by atoms with van der Waals surface area (Å²) in [4.78, 5) is 9.29. The maximum atomic E-state index is 10.5. The summed E-state index contributed by atoms with van der Waals surface area (Å²) in [5, 5.41) is 15.0. The second kappa shape index (κ2) is 8.60. The molecule has 3 rings (SSSR count). The Balaban J connectivity index is 1.44. The number of aliphatic hydroxyl groups excluding tert-OH is 1. The Bertz CT molecular complexity index is 538. The Hall–Kier alpha value is -0.980. The van der Waals surface area contributed by atoms with Crippen molar-refractivity contribution in [2.75, 3.05) is 39.3 Å². The van der Waals surface area contributed by atoms with Crippen molar-refractivity contribution >= 4 is 0 Å². The van der Waals surface area contributed by atoms with Crippen LogP contribution >= 0.6 is 0 Å². The third kappa shape index (κ3) is 5.50. The van der Waals surface area contributed by atoms with Crippen LogP contribution in [0, 0.1) is 25.7 Å². The van der Waals surface area contributed by atoms with Gasteiger partial charge in [-0.25, -0.2) is 9.67 Å². The zero-order valence-electron chi connectivity index (χ0n) is 16.2. The van der Waals surface area contributed by atoms with Crippen LogP contribution in [0.5, 0.6) is 0 Å². The summed E-state index contributed by atoms with van der Waals surface area (Å²) in [6, 6.07) is 0. The summed E-state index contributed by atoms with van der Waals surface area (Å²) in [6.07, 6.45) is 4.77. The van der Waals surface area contributed by atoms with Crippen LogP contribution in [-0.2, 0) is 6.54 Å². The normalized spacial score (nSPS) is 25.4. The summed E-state index contributed by atoms with van der Waals surface area (Å²) < 4.78 is 2.05. The lowest BCUT2D eigenvalue weighted by Crippen LogP contribution is -2.46. The summed E-state index contributed by atoms with van der Waals surface area (Å²) in [5.41, 5.74) is 0. The first kappa shape index (κ1) is 18.8. The highest BCUT2D eigenvalue weighted by Gasteiger charge is 2.24. The minimum absolute atomic E-state index is 0.234. The van der Waals surface area contributed by atoms with E-state index in [9.17, 15) is 5.11 Å². The molecule has 3 heterocycles. The van der Waals surface area contributed by atoms with Gasteiger partial charge in [-0.15, -0.1) is 0 Å². The third-order valence-electron chi connectivity index (χ3n) is 5.81. The van der Waals surface area contributed by atoms with Crippen molar-refractivity contribution < 1.29 is 5.11 Å². The molecule has 0 aromatic carbocycles. The molecule has 2 aliphatic rings. The van der Waals surface area contributed by atoms with Gasteiger partial charge in [-0.3, -0.25) is 0 Å². The number of β-amino-alcohol motifs (C(OH)–C–C–N with tert-alkyl or cyclic N) is 1. The fourth-order valence-electron chi connectivity index (χ4n) is 4.34.